The van der Waals surface area contributed by atoms with Gasteiger partial charge in [0.2, 0.25) is 0 Å². The Morgan fingerprint density at radius 3 is 2.80 bits per heavy atom. The summed E-state index contributed by atoms with van der Waals surface area (Å²) in [5.74, 6) is 2.35. The van der Waals surface area contributed by atoms with Crippen LogP contribution in [0.4, 0.5) is 5.82 Å². The molecule has 1 aromatic heterocycles. The third kappa shape index (κ3) is 2.18. The Morgan fingerprint density at radius 1 is 1.40 bits per heavy atom. The van der Waals surface area contributed by atoms with Crippen LogP contribution in [0.15, 0.2) is 6.20 Å². The van der Waals surface area contributed by atoms with Crippen molar-refractivity contribution in [3.8, 4) is 5.75 Å². The van der Waals surface area contributed by atoms with Crippen molar-refractivity contribution in [2.24, 2.45) is 0 Å². The van der Waals surface area contributed by atoms with Gasteiger partial charge in [-0.3, -0.25) is 0 Å². The minimum absolute atomic E-state index is 0.725. The minimum Gasteiger partial charge on any atom is -0.491 e. The third-order valence-electron chi connectivity index (χ3n) is 2.39. The van der Waals surface area contributed by atoms with Gasteiger partial charge in [-0.15, -0.1) is 0 Å². The molecule has 0 amide bonds. The van der Waals surface area contributed by atoms with Crippen molar-refractivity contribution in [1.82, 2.24) is 9.97 Å². The highest BCUT2D eigenvalue weighted by Gasteiger charge is 2.17. The molecule has 0 aromatic carbocycles. The molecular formula is C10H15N3O2. The fourth-order valence-electron chi connectivity index (χ4n) is 1.59. The van der Waals surface area contributed by atoms with Crippen LogP contribution in [-0.2, 0) is 4.74 Å². The van der Waals surface area contributed by atoms with E-state index in [4.69, 9.17) is 9.47 Å². The molecule has 5 nitrogen and oxygen atoms in total. The van der Waals surface area contributed by atoms with Crippen LogP contribution in [-0.4, -0.2) is 43.4 Å². The lowest BCUT2D eigenvalue weighted by molar-refractivity contribution is 0.122. The molecule has 0 bridgehead atoms. The third-order valence-corrected chi connectivity index (χ3v) is 2.39. The summed E-state index contributed by atoms with van der Waals surface area (Å²) in [6, 6.07) is 0. The van der Waals surface area contributed by atoms with Crippen LogP contribution in [0.2, 0.25) is 0 Å². The van der Waals surface area contributed by atoms with Gasteiger partial charge < -0.3 is 14.4 Å². The summed E-state index contributed by atoms with van der Waals surface area (Å²) in [6.45, 7) is 5.07. The summed E-state index contributed by atoms with van der Waals surface area (Å²) in [6.07, 6.45) is 1.72. The standard InChI is InChI=1S/C10H15N3O2/c1-8-11-7-9(14-2)10(12-8)13-3-5-15-6-4-13/h7H,3-6H2,1-2H3. The number of anilines is 1. The highest BCUT2D eigenvalue weighted by Crippen LogP contribution is 2.25. The molecule has 2 rings (SSSR count). The first-order valence-electron chi connectivity index (χ1n) is 5.01. The van der Waals surface area contributed by atoms with Gasteiger partial charge in [-0.25, -0.2) is 9.97 Å². The number of aromatic nitrogens is 2. The lowest BCUT2D eigenvalue weighted by Gasteiger charge is -2.28. The summed E-state index contributed by atoms with van der Waals surface area (Å²) in [5, 5.41) is 0. The number of hydrogen-bond donors (Lipinski definition) is 0. The van der Waals surface area contributed by atoms with Gasteiger partial charge in [-0.05, 0) is 6.92 Å². The van der Waals surface area contributed by atoms with Gasteiger partial charge >= 0.3 is 0 Å². The lowest BCUT2D eigenvalue weighted by Crippen LogP contribution is -2.37. The van der Waals surface area contributed by atoms with Crippen molar-refractivity contribution in [3.63, 3.8) is 0 Å². The number of nitrogens with zero attached hydrogens (tertiary/aromatic N) is 3. The first kappa shape index (κ1) is 10.2. The molecule has 1 fully saturated rings. The van der Waals surface area contributed by atoms with Gasteiger partial charge in [0.15, 0.2) is 11.6 Å². The molecule has 0 atom stereocenters. The number of ether oxygens (including phenoxy) is 2. The molecular weight excluding hydrogens is 194 g/mol. The van der Waals surface area contributed by atoms with Gasteiger partial charge in [0.05, 0.1) is 26.5 Å². The monoisotopic (exact) mass is 209 g/mol. The van der Waals surface area contributed by atoms with Crippen molar-refractivity contribution in [2.75, 3.05) is 38.3 Å². The Kier molecular flexibility index (Phi) is 3.01. The Hall–Kier alpha value is -1.36. The van der Waals surface area contributed by atoms with Crippen LogP contribution in [0.5, 0.6) is 5.75 Å². The van der Waals surface area contributed by atoms with Crippen LogP contribution in [0, 0.1) is 6.92 Å². The van der Waals surface area contributed by atoms with Crippen molar-refractivity contribution >= 4 is 5.82 Å². The fraction of sp³-hybridized carbons (Fsp3) is 0.600. The summed E-state index contributed by atoms with van der Waals surface area (Å²) >= 11 is 0. The summed E-state index contributed by atoms with van der Waals surface area (Å²) in [7, 11) is 1.64. The molecule has 0 radical (unpaired) electrons. The predicted octanol–water partition coefficient (Wildman–Crippen LogP) is 0.630. The Balaban J connectivity index is 2.27. The van der Waals surface area contributed by atoms with E-state index in [1.54, 1.807) is 13.3 Å². The minimum atomic E-state index is 0.725. The van der Waals surface area contributed by atoms with E-state index in [0.717, 1.165) is 43.7 Å². The van der Waals surface area contributed by atoms with E-state index < -0.39 is 0 Å². The molecule has 0 spiro atoms. The molecule has 0 N–H and O–H groups in total. The Bertz CT molecular complexity index is 337. The van der Waals surface area contributed by atoms with E-state index in [0.29, 0.717) is 0 Å². The molecule has 0 aliphatic carbocycles. The zero-order chi connectivity index (χ0) is 10.7. The van der Waals surface area contributed by atoms with E-state index in [2.05, 4.69) is 14.9 Å². The van der Waals surface area contributed by atoms with Crippen LogP contribution in [0.1, 0.15) is 5.82 Å². The molecule has 15 heavy (non-hydrogen) atoms. The van der Waals surface area contributed by atoms with Gasteiger partial charge in [0.25, 0.3) is 0 Å². The summed E-state index contributed by atoms with van der Waals surface area (Å²) in [4.78, 5) is 10.7. The number of hydrogen-bond acceptors (Lipinski definition) is 5. The van der Waals surface area contributed by atoms with Crippen molar-refractivity contribution in [2.45, 2.75) is 6.92 Å². The van der Waals surface area contributed by atoms with Crippen molar-refractivity contribution in [1.29, 1.82) is 0 Å². The molecule has 5 heteroatoms. The topological polar surface area (TPSA) is 47.5 Å². The van der Waals surface area contributed by atoms with Gasteiger partial charge in [0.1, 0.15) is 5.82 Å². The lowest BCUT2D eigenvalue weighted by atomic mass is 10.4. The largest absolute Gasteiger partial charge is 0.491 e. The predicted molar refractivity (Wildman–Crippen MR) is 56.4 cm³/mol. The second-order valence-electron chi connectivity index (χ2n) is 3.41. The number of aryl methyl sites for hydroxylation is 1. The summed E-state index contributed by atoms with van der Waals surface area (Å²) < 4.78 is 10.5. The zero-order valence-corrected chi connectivity index (χ0v) is 9.06. The van der Waals surface area contributed by atoms with Crippen LogP contribution in [0.3, 0.4) is 0 Å². The van der Waals surface area contributed by atoms with Gasteiger partial charge in [0, 0.05) is 13.1 Å². The number of morpholine rings is 1. The molecule has 1 aliphatic heterocycles. The molecule has 1 aliphatic rings. The van der Waals surface area contributed by atoms with E-state index in [-0.39, 0.29) is 0 Å². The molecule has 1 saturated heterocycles. The first-order valence-corrected chi connectivity index (χ1v) is 5.01. The van der Waals surface area contributed by atoms with Crippen LogP contribution in [0.25, 0.3) is 0 Å². The maximum Gasteiger partial charge on any atom is 0.179 e. The molecule has 82 valence electrons. The van der Waals surface area contributed by atoms with E-state index in [1.807, 2.05) is 6.92 Å². The van der Waals surface area contributed by atoms with E-state index in [9.17, 15) is 0 Å². The van der Waals surface area contributed by atoms with E-state index in [1.165, 1.54) is 0 Å². The molecule has 0 saturated carbocycles. The highest BCUT2D eigenvalue weighted by atomic mass is 16.5. The van der Waals surface area contributed by atoms with E-state index >= 15 is 0 Å². The Morgan fingerprint density at radius 2 is 2.13 bits per heavy atom. The molecule has 2 heterocycles. The second-order valence-corrected chi connectivity index (χ2v) is 3.41. The van der Waals surface area contributed by atoms with Gasteiger partial charge in [-0.2, -0.15) is 0 Å². The average Bonchev–Trinajstić information content (AvgIpc) is 2.30. The van der Waals surface area contributed by atoms with Gasteiger partial charge in [-0.1, -0.05) is 0 Å². The van der Waals surface area contributed by atoms with Crippen molar-refractivity contribution < 1.29 is 9.47 Å². The second kappa shape index (κ2) is 4.44. The fourth-order valence-corrected chi connectivity index (χ4v) is 1.59. The summed E-state index contributed by atoms with van der Waals surface area (Å²) in [5.41, 5.74) is 0. The maximum atomic E-state index is 5.30. The maximum absolute atomic E-state index is 5.30. The van der Waals surface area contributed by atoms with Crippen molar-refractivity contribution in [3.05, 3.63) is 12.0 Å². The molecule has 0 unspecified atom stereocenters. The van der Waals surface area contributed by atoms with Crippen LogP contribution < -0.4 is 9.64 Å². The average molecular weight is 209 g/mol. The molecule has 1 aromatic rings. The number of rotatable bonds is 2. The Labute approximate surface area is 89.0 Å². The first-order chi connectivity index (χ1) is 7.31. The SMILES string of the molecule is COc1cnc(C)nc1N1CCOCC1. The zero-order valence-electron chi connectivity index (χ0n) is 9.06. The normalized spacial score (nSPS) is 16.5. The number of methoxy groups -OCH3 is 1. The quantitative estimate of drug-likeness (QED) is 0.715. The van der Waals surface area contributed by atoms with Crippen LogP contribution >= 0.6 is 0 Å². The highest BCUT2D eigenvalue weighted by molar-refractivity contribution is 5.51. The smallest absolute Gasteiger partial charge is 0.179 e.